The molecule has 0 amide bonds. The lowest BCUT2D eigenvalue weighted by molar-refractivity contribution is 0.489. The number of rotatable bonds is 6. The monoisotopic (exact) mass is 362 g/mol. The van der Waals surface area contributed by atoms with Crippen LogP contribution in [0.4, 0.5) is 0 Å². The fourth-order valence-electron chi connectivity index (χ4n) is 4.03. The molecule has 0 radical (unpaired) electrons. The van der Waals surface area contributed by atoms with Crippen molar-refractivity contribution in [2.24, 2.45) is 14.1 Å². The van der Waals surface area contributed by atoms with E-state index in [2.05, 4.69) is 113 Å². The number of aryl methyl sites for hydroxylation is 3. The maximum atomic E-state index is 2.44. The van der Waals surface area contributed by atoms with Gasteiger partial charge in [-0.2, -0.15) is 0 Å². The minimum absolute atomic E-state index is 0.0912. The zero-order chi connectivity index (χ0) is 19.8. The first kappa shape index (κ1) is 19.5. The third-order valence-corrected chi connectivity index (χ3v) is 5.99. The van der Waals surface area contributed by atoms with Crippen LogP contribution in [0, 0.1) is 6.92 Å². The normalized spacial score (nSPS) is 12.6. The molecule has 2 heteroatoms. The quantitative estimate of drug-likeness (QED) is 0.531. The van der Waals surface area contributed by atoms with E-state index in [1.54, 1.807) is 0 Å². The largest absolute Gasteiger partial charge is 0.354 e. The van der Waals surface area contributed by atoms with Crippen LogP contribution in [-0.2, 0) is 37.8 Å². The molecule has 0 saturated carbocycles. The highest BCUT2D eigenvalue weighted by Gasteiger charge is 2.27. The Hall–Kier alpha value is -2.22. The zero-order valence-corrected chi connectivity index (χ0v) is 18.0. The molecule has 0 aliphatic carbocycles. The molecule has 0 N–H and O–H groups in total. The van der Waals surface area contributed by atoms with E-state index in [-0.39, 0.29) is 10.8 Å². The van der Waals surface area contributed by atoms with Crippen LogP contribution in [0.15, 0.2) is 54.9 Å². The average molecular weight is 363 g/mol. The van der Waals surface area contributed by atoms with E-state index in [1.165, 1.54) is 28.1 Å². The van der Waals surface area contributed by atoms with Crippen molar-refractivity contribution < 1.29 is 0 Å². The van der Waals surface area contributed by atoms with Crippen molar-refractivity contribution in [2.75, 3.05) is 0 Å². The number of benzene rings is 1. The number of aromatic nitrogens is 2. The topological polar surface area (TPSA) is 9.86 Å². The van der Waals surface area contributed by atoms with Gasteiger partial charge in [0.2, 0.25) is 0 Å². The van der Waals surface area contributed by atoms with E-state index >= 15 is 0 Å². The molecular weight excluding hydrogens is 328 g/mol. The summed E-state index contributed by atoms with van der Waals surface area (Å²) in [5.41, 5.74) is 7.15. The van der Waals surface area contributed by atoms with Crippen molar-refractivity contribution in [3.05, 3.63) is 82.9 Å². The van der Waals surface area contributed by atoms with Crippen LogP contribution in [-0.4, -0.2) is 9.13 Å². The lowest BCUT2D eigenvalue weighted by Gasteiger charge is -2.31. The summed E-state index contributed by atoms with van der Waals surface area (Å²) in [7, 11) is 4.27. The Kier molecular flexibility index (Phi) is 5.12. The molecule has 0 saturated heterocycles. The Morgan fingerprint density at radius 2 is 1.11 bits per heavy atom. The molecule has 0 aliphatic rings. The van der Waals surface area contributed by atoms with Crippen molar-refractivity contribution >= 4 is 0 Å². The van der Waals surface area contributed by atoms with E-state index in [4.69, 9.17) is 0 Å². The van der Waals surface area contributed by atoms with Crippen molar-refractivity contribution in [2.45, 2.75) is 58.3 Å². The van der Waals surface area contributed by atoms with Gasteiger partial charge in [0.15, 0.2) is 0 Å². The van der Waals surface area contributed by atoms with Crippen LogP contribution in [0.2, 0.25) is 0 Å². The van der Waals surface area contributed by atoms with Crippen LogP contribution in [0.5, 0.6) is 0 Å². The second-order valence-electron chi connectivity index (χ2n) is 9.43. The molecule has 3 aromatic rings. The second kappa shape index (κ2) is 7.07. The summed E-state index contributed by atoms with van der Waals surface area (Å²) in [5.74, 6) is 0. The van der Waals surface area contributed by atoms with Gasteiger partial charge in [-0.05, 0) is 66.0 Å². The van der Waals surface area contributed by atoms with Gasteiger partial charge >= 0.3 is 0 Å². The summed E-state index contributed by atoms with van der Waals surface area (Å²) in [6, 6.07) is 15.9. The second-order valence-corrected chi connectivity index (χ2v) is 9.43. The molecule has 2 nitrogen and oxygen atoms in total. The maximum absolute atomic E-state index is 2.44. The van der Waals surface area contributed by atoms with E-state index in [1.807, 2.05) is 0 Å². The van der Waals surface area contributed by atoms with Gasteiger partial charge in [0.1, 0.15) is 0 Å². The number of nitrogens with zero attached hydrogens (tertiary/aromatic N) is 2. The van der Waals surface area contributed by atoms with Crippen molar-refractivity contribution in [3.8, 4) is 0 Å². The molecule has 0 unspecified atom stereocenters. The Morgan fingerprint density at radius 1 is 0.704 bits per heavy atom. The van der Waals surface area contributed by atoms with Gasteiger partial charge in [-0.3, -0.25) is 0 Å². The summed E-state index contributed by atoms with van der Waals surface area (Å²) < 4.78 is 4.47. The SMILES string of the molecule is Cc1cc(C(C)(C)Cc2cccn2C)cc(C(C)(C)Cc2cccn2C)c1. The molecule has 27 heavy (non-hydrogen) atoms. The number of hydrogen-bond donors (Lipinski definition) is 0. The average Bonchev–Trinajstić information content (AvgIpc) is 3.15. The van der Waals surface area contributed by atoms with E-state index in [0.717, 1.165) is 12.8 Å². The molecule has 0 atom stereocenters. The van der Waals surface area contributed by atoms with Gasteiger partial charge in [-0.15, -0.1) is 0 Å². The minimum atomic E-state index is 0.0912. The molecule has 0 bridgehead atoms. The van der Waals surface area contributed by atoms with Crippen molar-refractivity contribution in [1.82, 2.24) is 9.13 Å². The summed E-state index contributed by atoms with van der Waals surface area (Å²) in [5, 5.41) is 0. The molecule has 0 spiro atoms. The van der Waals surface area contributed by atoms with Crippen LogP contribution < -0.4 is 0 Å². The standard InChI is InChI=1S/C25H34N2/c1-19-14-20(24(2,3)17-22-10-8-12-26(22)6)16-21(15-19)25(4,5)18-23-11-9-13-27(23)7/h8-16H,17-18H2,1-7H3. The maximum Gasteiger partial charge on any atom is 0.0180 e. The lowest BCUT2D eigenvalue weighted by atomic mass is 9.74. The first-order chi connectivity index (χ1) is 12.6. The predicted molar refractivity (Wildman–Crippen MR) is 115 cm³/mol. The van der Waals surface area contributed by atoms with Gasteiger partial charge in [-0.1, -0.05) is 51.5 Å². The summed E-state index contributed by atoms with van der Waals surface area (Å²) in [6.45, 7) is 11.7. The highest BCUT2D eigenvalue weighted by atomic mass is 14.9. The molecule has 0 fully saturated rings. The highest BCUT2D eigenvalue weighted by molar-refractivity contribution is 5.39. The van der Waals surface area contributed by atoms with Gasteiger partial charge in [0, 0.05) is 37.9 Å². The third-order valence-electron chi connectivity index (χ3n) is 5.99. The van der Waals surface area contributed by atoms with Crippen LogP contribution in [0.3, 0.4) is 0 Å². The highest BCUT2D eigenvalue weighted by Crippen LogP contribution is 2.34. The molecule has 2 heterocycles. The molecular formula is C25H34N2. The number of hydrogen-bond acceptors (Lipinski definition) is 0. The molecule has 3 rings (SSSR count). The molecule has 0 aliphatic heterocycles. The van der Waals surface area contributed by atoms with Gasteiger partial charge in [0.25, 0.3) is 0 Å². The van der Waals surface area contributed by atoms with E-state index in [9.17, 15) is 0 Å². The van der Waals surface area contributed by atoms with Crippen LogP contribution in [0.1, 0.15) is 55.8 Å². The Morgan fingerprint density at radius 3 is 1.44 bits per heavy atom. The Labute approximate surface area is 164 Å². The zero-order valence-electron chi connectivity index (χ0n) is 18.0. The van der Waals surface area contributed by atoms with Gasteiger partial charge < -0.3 is 9.13 Å². The fraction of sp³-hybridized carbons (Fsp3) is 0.440. The van der Waals surface area contributed by atoms with Gasteiger partial charge in [-0.25, -0.2) is 0 Å². The first-order valence-electron chi connectivity index (χ1n) is 9.91. The smallest absolute Gasteiger partial charge is 0.0180 e. The van der Waals surface area contributed by atoms with Crippen molar-refractivity contribution in [1.29, 1.82) is 0 Å². The predicted octanol–water partition coefficient (Wildman–Crippen LogP) is 5.71. The van der Waals surface area contributed by atoms with Crippen LogP contribution >= 0.6 is 0 Å². The summed E-state index contributed by atoms with van der Waals surface area (Å²) in [6.07, 6.45) is 6.35. The molecule has 2 aromatic heterocycles. The third kappa shape index (κ3) is 4.21. The Balaban J connectivity index is 1.93. The summed E-state index contributed by atoms with van der Waals surface area (Å²) >= 11 is 0. The Bertz CT molecular complexity index is 849. The van der Waals surface area contributed by atoms with Crippen LogP contribution in [0.25, 0.3) is 0 Å². The lowest BCUT2D eigenvalue weighted by Crippen LogP contribution is -2.26. The van der Waals surface area contributed by atoms with E-state index in [0.29, 0.717) is 0 Å². The molecule has 144 valence electrons. The fourth-order valence-corrected chi connectivity index (χ4v) is 4.03. The van der Waals surface area contributed by atoms with E-state index < -0.39 is 0 Å². The summed E-state index contributed by atoms with van der Waals surface area (Å²) in [4.78, 5) is 0. The van der Waals surface area contributed by atoms with Gasteiger partial charge in [0.05, 0.1) is 0 Å². The molecule has 1 aromatic carbocycles. The minimum Gasteiger partial charge on any atom is -0.354 e. The first-order valence-corrected chi connectivity index (χ1v) is 9.91. The van der Waals surface area contributed by atoms with Crippen molar-refractivity contribution in [3.63, 3.8) is 0 Å².